The van der Waals surface area contributed by atoms with E-state index in [-0.39, 0.29) is 5.69 Å². The van der Waals surface area contributed by atoms with Crippen molar-refractivity contribution in [1.82, 2.24) is 0 Å². The van der Waals surface area contributed by atoms with Crippen molar-refractivity contribution in [3.05, 3.63) is 27.0 Å². The van der Waals surface area contributed by atoms with E-state index in [1.165, 1.54) is 19.0 Å². The first-order valence-corrected chi connectivity index (χ1v) is 6.52. The third-order valence-corrected chi connectivity index (χ3v) is 3.96. The smallest absolute Gasteiger partial charge is 0.308 e. The van der Waals surface area contributed by atoms with Crippen molar-refractivity contribution in [2.75, 3.05) is 19.0 Å². The monoisotopic (exact) mass is 309 g/mol. The number of hydrogen-bond acceptors (Lipinski definition) is 5. The predicted octanol–water partition coefficient (Wildman–Crippen LogP) is 1.84. The van der Waals surface area contributed by atoms with Gasteiger partial charge in [0, 0.05) is 26.9 Å². The summed E-state index contributed by atoms with van der Waals surface area (Å²) in [5.41, 5.74) is -1.02. The van der Waals surface area contributed by atoms with Crippen LogP contribution in [0.15, 0.2) is 15.4 Å². The van der Waals surface area contributed by atoms with Gasteiger partial charge < -0.3 is 4.90 Å². The zero-order valence-corrected chi connectivity index (χ0v) is 11.5. The Balaban J connectivity index is 3.90. The number of nitro groups is 1. The minimum atomic E-state index is -4.50. The van der Waals surface area contributed by atoms with Gasteiger partial charge in [-0.15, -0.1) is 0 Å². The van der Waals surface area contributed by atoms with E-state index in [4.69, 9.17) is 11.6 Å². The van der Waals surface area contributed by atoms with E-state index in [9.17, 15) is 22.9 Å². The molecule has 0 aromatic heterocycles. The standard InChI is InChI=1S/C9H9ClFN3O4S/c1-12-19(17,18)9-7(10)5(13(2)3)4-6(8(9)11)14(15)16/h4H,1H2,2-3H3. The molecule has 0 atom stereocenters. The maximum absolute atomic E-state index is 13.9. The van der Waals surface area contributed by atoms with Gasteiger partial charge in [-0.05, 0) is 0 Å². The van der Waals surface area contributed by atoms with E-state index in [1.54, 1.807) is 0 Å². The lowest BCUT2D eigenvalue weighted by Gasteiger charge is -2.16. The summed E-state index contributed by atoms with van der Waals surface area (Å²) in [5, 5.41) is 10.3. The van der Waals surface area contributed by atoms with Crippen LogP contribution in [0, 0.1) is 15.9 Å². The van der Waals surface area contributed by atoms with Gasteiger partial charge in [0.15, 0.2) is 4.90 Å². The van der Waals surface area contributed by atoms with Crippen LogP contribution in [-0.4, -0.2) is 34.2 Å². The number of nitrogens with zero attached hydrogens (tertiary/aromatic N) is 3. The molecule has 1 aromatic rings. The van der Waals surface area contributed by atoms with Gasteiger partial charge in [0.1, 0.15) is 0 Å². The minimum Gasteiger partial charge on any atom is -0.376 e. The molecular weight excluding hydrogens is 301 g/mol. The highest BCUT2D eigenvalue weighted by molar-refractivity contribution is 7.90. The third-order valence-electron chi connectivity index (χ3n) is 2.23. The van der Waals surface area contributed by atoms with Gasteiger partial charge in [-0.2, -0.15) is 17.2 Å². The second kappa shape index (κ2) is 5.10. The fourth-order valence-corrected chi connectivity index (χ4v) is 2.72. The molecule has 0 fully saturated rings. The molecule has 104 valence electrons. The van der Waals surface area contributed by atoms with Crippen LogP contribution >= 0.6 is 11.6 Å². The predicted molar refractivity (Wildman–Crippen MR) is 69.1 cm³/mol. The summed E-state index contributed by atoms with van der Waals surface area (Å²) >= 11 is 5.78. The zero-order valence-electron chi connectivity index (χ0n) is 9.92. The molecule has 0 saturated heterocycles. The molecule has 0 aliphatic heterocycles. The molecule has 0 heterocycles. The number of halogens is 2. The summed E-state index contributed by atoms with van der Waals surface area (Å²) < 4.78 is 39.9. The molecule has 1 aromatic carbocycles. The number of rotatable bonds is 4. The Morgan fingerprint density at radius 1 is 1.53 bits per heavy atom. The first-order chi connectivity index (χ1) is 8.63. The fourth-order valence-electron chi connectivity index (χ4n) is 1.33. The summed E-state index contributed by atoms with van der Waals surface area (Å²) in [4.78, 5) is 9.96. The summed E-state index contributed by atoms with van der Waals surface area (Å²) in [6.07, 6.45) is 0. The third kappa shape index (κ3) is 2.66. The molecule has 0 spiro atoms. The van der Waals surface area contributed by atoms with Crippen molar-refractivity contribution >= 4 is 39.7 Å². The number of nitro benzene ring substituents is 1. The van der Waals surface area contributed by atoms with Crippen molar-refractivity contribution in [2.24, 2.45) is 4.40 Å². The molecule has 7 nitrogen and oxygen atoms in total. The van der Waals surface area contributed by atoms with E-state index >= 15 is 0 Å². The Morgan fingerprint density at radius 3 is 2.42 bits per heavy atom. The van der Waals surface area contributed by atoms with Gasteiger partial charge in [0.2, 0.25) is 5.82 Å². The highest BCUT2D eigenvalue weighted by Crippen LogP contribution is 2.39. The summed E-state index contributed by atoms with van der Waals surface area (Å²) in [5.74, 6) is -1.56. The van der Waals surface area contributed by atoms with E-state index in [2.05, 4.69) is 11.1 Å². The number of sulfonamides is 1. The molecule has 0 aliphatic carbocycles. The highest BCUT2D eigenvalue weighted by Gasteiger charge is 2.32. The van der Waals surface area contributed by atoms with Crippen molar-refractivity contribution in [2.45, 2.75) is 4.90 Å². The lowest BCUT2D eigenvalue weighted by atomic mass is 10.2. The lowest BCUT2D eigenvalue weighted by molar-refractivity contribution is -0.387. The molecule has 0 bridgehead atoms. The van der Waals surface area contributed by atoms with E-state index < -0.39 is 36.4 Å². The average Bonchev–Trinajstić information content (AvgIpc) is 2.27. The van der Waals surface area contributed by atoms with Gasteiger partial charge >= 0.3 is 5.69 Å². The highest BCUT2D eigenvalue weighted by atomic mass is 35.5. The van der Waals surface area contributed by atoms with Crippen molar-refractivity contribution in [3.8, 4) is 0 Å². The van der Waals surface area contributed by atoms with Crippen LogP contribution in [0.1, 0.15) is 0 Å². The van der Waals surface area contributed by atoms with Crippen LogP contribution in [-0.2, 0) is 10.0 Å². The average molecular weight is 310 g/mol. The van der Waals surface area contributed by atoms with Crippen molar-refractivity contribution < 1.29 is 17.7 Å². The Hall–Kier alpha value is -1.74. The second-order valence-corrected chi connectivity index (χ2v) is 5.62. The lowest BCUT2D eigenvalue weighted by Crippen LogP contribution is -2.13. The topological polar surface area (TPSA) is 92.9 Å². The summed E-state index contributed by atoms with van der Waals surface area (Å²) in [7, 11) is -1.55. The molecule has 19 heavy (non-hydrogen) atoms. The van der Waals surface area contributed by atoms with E-state index in [0.29, 0.717) is 0 Å². The van der Waals surface area contributed by atoms with E-state index in [0.717, 1.165) is 6.07 Å². The Kier molecular flexibility index (Phi) is 4.11. The first kappa shape index (κ1) is 15.3. The van der Waals surface area contributed by atoms with Crippen molar-refractivity contribution in [1.29, 1.82) is 0 Å². The van der Waals surface area contributed by atoms with Crippen LogP contribution in [0.25, 0.3) is 0 Å². The summed E-state index contributed by atoms with van der Waals surface area (Å²) in [6, 6.07) is 0.847. The van der Waals surface area contributed by atoms with Gasteiger partial charge in [-0.25, -0.2) is 0 Å². The maximum Gasteiger partial charge on any atom is 0.308 e. The van der Waals surface area contributed by atoms with Crippen LogP contribution in [0.3, 0.4) is 0 Å². The Labute approximate surface area is 113 Å². The van der Waals surface area contributed by atoms with Crippen molar-refractivity contribution in [3.63, 3.8) is 0 Å². The largest absolute Gasteiger partial charge is 0.376 e. The molecule has 0 unspecified atom stereocenters. The van der Waals surface area contributed by atoms with Gasteiger partial charge in [0.05, 0.1) is 15.6 Å². The number of anilines is 1. The van der Waals surface area contributed by atoms with Gasteiger partial charge in [-0.3, -0.25) is 10.1 Å². The van der Waals surface area contributed by atoms with E-state index in [1.807, 2.05) is 0 Å². The van der Waals surface area contributed by atoms with Gasteiger partial charge in [-0.1, -0.05) is 11.6 Å². The first-order valence-electron chi connectivity index (χ1n) is 4.70. The quantitative estimate of drug-likeness (QED) is 0.480. The molecule has 0 radical (unpaired) electrons. The van der Waals surface area contributed by atoms with Crippen LogP contribution < -0.4 is 4.90 Å². The maximum atomic E-state index is 13.9. The minimum absolute atomic E-state index is 0.0167. The Bertz CT molecular complexity index is 660. The Morgan fingerprint density at radius 2 is 2.05 bits per heavy atom. The normalized spacial score (nSPS) is 11.2. The molecule has 10 heteroatoms. The van der Waals surface area contributed by atoms with Crippen LogP contribution in [0.2, 0.25) is 5.02 Å². The molecule has 0 amide bonds. The summed E-state index contributed by atoms with van der Waals surface area (Å²) in [6.45, 7) is 2.79. The number of benzene rings is 1. The SMILES string of the molecule is C=NS(=O)(=O)c1c(F)c([N+](=O)[O-])cc(N(C)C)c1Cl. The van der Waals surface area contributed by atoms with Crippen LogP contribution in [0.4, 0.5) is 15.8 Å². The molecule has 0 saturated carbocycles. The van der Waals surface area contributed by atoms with Gasteiger partial charge in [0.25, 0.3) is 10.0 Å². The molecule has 1 rings (SSSR count). The van der Waals surface area contributed by atoms with Crippen LogP contribution in [0.5, 0.6) is 0 Å². The molecular formula is C9H9ClFN3O4S. The second-order valence-electron chi connectivity index (χ2n) is 3.63. The fraction of sp³-hybridized carbons (Fsp3) is 0.222. The molecule has 0 aliphatic rings. The number of hydrogen-bond donors (Lipinski definition) is 0. The molecule has 0 N–H and O–H groups in total. The zero-order chi connectivity index (χ0) is 15.0.